The summed E-state index contributed by atoms with van der Waals surface area (Å²) < 4.78 is 0. The summed E-state index contributed by atoms with van der Waals surface area (Å²) in [6.45, 7) is 10.5. The molecule has 2 amide bonds. The van der Waals surface area contributed by atoms with E-state index in [0.717, 1.165) is 50.4 Å². The normalized spacial score (nSPS) is 14.6. The fourth-order valence-electron chi connectivity index (χ4n) is 4.14. The van der Waals surface area contributed by atoms with Crippen molar-refractivity contribution in [3.63, 3.8) is 0 Å². The van der Waals surface area contributed by atoms with Gasteiger partial charge in [0.15, 0.2) is 0 Å². The Kier molecular flexibility index (Phi) is 8.60. The Labute approximate surface area is 212 Å². The molecule has 3 aromatic rings. The van der Waals surface area contributed by atoms with Crippen molar-refractivity contribution in [3.05, 3.63) is 95.3 Å². The molecule has 0 atom stereocenters. The average Bonchev–Trinajstić information content (AvgIpc) is 2.91. The molecule has 0 saturated carbocycles. The van der Waals surface area contributed by atoms with Gasteiger partial charge in [0, 0.05) is 68.1 Å². The van der Waals surface area contributed by atoms with Crippen LogP contribution in [-0.2, 0) is 11.3 Å². The van der Waals surface area contributed by atoms with E-state index in [2.05, 4.69) is 32.3 Å². The summed E-state index contributed by atoms with van der Waals surface area (Å²) in [5.41, 5.74) is 4.81. The van der Waals surface area contributed by atoms with Crippen LogP contribution in [0.5, 0.6) is 0 Å². The lowest BCUT2D eigenvalue weighted by molar-refractivity contribution is -0.111. The minimum atomic E-state index is -0.253. The van der Waals surface area contributed by atoms with Crippen LogP contribution in [0.3, 0.4) is 0 Å². The van der Waals surface area contributed by atoms with Gasteiger partial charge in [-0.1, -0.05) is 31.2 Å². The van der Waals surface area contributed by atoms with Gasteiger partial charge in [0.2, 0.25) is 5.91 Å². The van der Waals surface area contributed by atoms with E-state index in [1.807, 2.05) is 55.5 Å². The number of aryl methyl sites for hydroxylation is 1. The Morgan fingerprint density at radius 3 is 2.42 bits per heavy atom. The molecule has 0 bridgehead atoms. The van der Waals surface area contributed by atoms with Gasteiger partial charge >= 0.3 is 0 Å². The second-order valence-electron chi connectivity index (χ2n) is 9.00. The lowest BCUT2D eigenvalue weighted by Gasteiger charge is -2.34. The molecule has 2 N–H and O–H groups in total. The summed E-state index contributed by atoms with van der Waals surface area (Å²) in [7, 11) is 0. The first-order chi connectivity index (χ1) is 17.5. The standard InChI is InChI=1S/C29H33N5O2/c1-3-33-15-17-34(18-16-33)21-24-7-10-25(11-8-24)29(36)31-26-12-6-22(2)27(19-26)32-28(35)13-9-23-5-4-14-30-20-23/h4-14,19-20H,3,15-18,21H2,1-2H3,(H,31,36)(H,32,35). The molecule has 0 spiro atoms. The topological polar surface area (TPSA) is 77.6 Å². The fraction of sp³-hybridized carbons (Fsp3) is 0.276. The van der Waals surface area contributed by atoms with Crippen molar-refractivity contribution in [2.75, 3.05) is 43.4 Å². The molecule has 1 aliphatic rings. The number of aromatic nitrogens is 1. The third-order valence-corrected chi connectivity index (χ3v) is 6.40. The number of hydrogen-bond donors (Lipinski definition) is 2. The van der Waals surface area contributed by atoms with Crippen LogP contribution >= 0.6 is 0 Å². The molecule has 0 aliphatic carbocycles. The van der Waals surface area contributed by atoms with Gasteiger partial charge in [-0.2, -0.15) is 0 Å². The molecular weight excluding hydrogens is 450 g/mol. The zero-order valence-electron chi connectivity index (χ0n) is 20.9. The Morgan fingerprint density at radius 2 is 1.72 bits per heavy atom. The first kappa shape index (κ1) is 25.3. The van der Waals surface area contributed by atoms with E-state index in [1.54, 1.807) is 24.5 Å². The van der Waals surface area contributed by atoms with E-state index >= 15 is 0 Å². The molecule has 7 heteroatoms. The van der Waals surface area contributed by atoms with Crippen LogP contribution in [0, 0.1) is 6.92 Å². The van der Waals surface area contributed by atoms with E-state index in [4.69, 9.17) is 0 Å². The maximum absolute atomic E-state index is 12.8. The number of anilines is 2. The molecule has 1 saturated heterocycles. The first-order valence-electron chi connectivity index (χ1n) is 12.3. The molecule has 1 fully saturated rings. The molecule has 186 valence electrons. The van der Waals surface area contributed by atoms with Gasteiger partial charge in [0.1, 0.15) is 0 Å². The summed E-state index contributed by atoms with van der Waals surface area (Å²) in [5, 5.41) is 5.82. The Hall–Kier alpha value is -3.81. The van der Waals surface area contributed by atoms with Crippen LogP contribution in [0.2, 0.25) is 0 Å². The van der Waals surface area contributed by atoms with Gasteiger partial charge in [-0.15, -0.1) is 0 Å². The van der Waals surface area contributed by atoms with Crippen LogP contribution in [0.15, 0.2) is 73.1 Å². The van der Waals surface area contributed by atoms with Gasteiger partial charge in [0.25, 0.3) is 5.91 Å². The van der Waals surface area contributed by atoms with Crippen molar-refractivity contribution < 1.29 is 9.59 Å². The predicted octanol–water partition coefficient (Wildman–Crippen LogP) is 4.43. The largest absolute Gasteiger partial charge is 0.322 e. The molecule has 1 aliphatic heterocycles. The number of carbonyl (C=O) groups excluding carboxylic acids is 2. The Morgan fingerprint density at radius 1 is 0.972 bits per heavy atom. The van der Waals surface area contributed by atoms with Crippen molar-refractivity contribution in [1.82, 2.24) is 14.8 Å². The highest BCUT2D eigenvalue weighted by Crippen LogP contribution is 2.21. The second kappa shape index (κ2) is 12.2. The molecule has 4 rings (SSSR count). The van der Waals surface area contributed by atoms with Crippen LogP contribution in [0.1, 0.15) is 34.0 Å². The average molecular weight is 484 g/mol. The third kappa shape index (κ3) is 7.10. The van der Waals surface area contributed by atoms with Crippen molar-refractivity contribution >= 4 is 29.3 Å². The highest BCUT2D eigenvalue weighted by Gasteiger charge is 2.16. The van der Waals surface area contributed by atoms with E-state index in [9.17, 15) is 9.59 Å². The number of nitrogens with one attached hydrogen (secondary N) is 2. The summed E-state index contributed by atoms with van der Waals surface area (Å²) in [6, 6.07) is 16.9. The second-order valence-corrected chi connectivity index (χ2v) is 9.00. The van der Waals surface area contributed by atoms with E-state index in [1.165, 1.54) is 11.6 Å². The van der Waals surface area contributed by atoms with E-state index in [-0.39, 0.29) is 11.8 Å². The Balaban J connectivity index is 1.33. The molecule has 1 aromatic heterocycles. The van der Waals surface area contributed by atoms with Gasteiger partial charge in [-0.05, 0) is 66.6 Å². The minimum absolute atomic E-state index is 0.185. The number of carbonyl (C=O) groups is 2. The van der Waals surface area contributed by atoms with Crippen molar-refractivity contribution in [1.29, 1.82) is 0 Å². The fourth-order valence-corrected chi connectivity index (χ4v) is 4.14. The smallest absolute Gasteiger partial charge is 0.255 e. The number of benzene rings is 2. The molecule has 36 heavy (non-hydrogen) atoms. The van der Waals surface area contributed by atoms with Gasteiger partial charge in [-0.25, -0.2) is 0 Å². The highest BCUT2D eigenvalue weighted by molar-refractivity contribution is 6.05. The highest BCUT2D eigenvalue weighted by atomic mass is 16.2. The lowest BCUT2D eigenvalue weighted by Crippen LogP contribution is -2.45. The van der Waals surface area contributed by atoms with Crippen molar-refractivity contribution in [3.8, 4) is 0 Å². The number of pyridine rings is 1. The Bertz CT molecular complexity index is 1200. The number of amides is 2. The zero-order chi connectivity index (χ0) is 25.3. The van der Waals surface area contributed by atoms with E-state index in [0.29, 0.717) is 16.9 Å². The number of hydrogen-bond acceptors (Lipinski definition) is 5. The zero-order valence-corrected chi connectivity index (χ0v) is 20.9. The monoisotopic (exact) mass is 483 g/mol. The van der Waals surface area contributed by atoms with Crippen molar-refractivity contribution in [2.24, 2.45) is 0 Å². The van der Waals surface area contributed by atoms with Crippen LogP contribution < -0.4 is 10.6 Å². The number of likely N-dealkylation sites (N-methyl/N-ethyl adjacent to an activating group) is 1. The molecule has 7 nitrogen and oxygen atoms in total. The summed E-state index contributed by atoms with van der Waals surface area (Å²) in [5.74, 6) is -0.437. The summed E-state index contributed by atoms with van der Waals surface area (Å²) in [6.07, 6.45) is 6.54. The summed E-state index contributed by atoms with van der Waals surface area (Å²) >= 11 is 0. The quantitative estimate of drug-likeness (QED) is 0.464. The molecule has 2 heterocycles. The maximum atomic E-state index is 12.8. The SMILES string of the molecule is CCN1CCN(Cc2ccc(C(=O)Nc3ccc(C)c(NC(=O)C=Cc4cccnc4)c3)cc2)CC1. The van der Waals surface area contributed by atoms with Crippen LogP contribution in [-0.4, -0.2) is 59.3 Å². The number of piperazine rings is 1. The summed E-state index contributed by atoms with van der Waals surface area (Å²) in [4.78, 5) is 34.2. The molecule has 0 radical (unpaired) electrons. The third-order valence-electron chi connectivity index (χ3n) is 6.40. The minimum Gasteiger partial charge on any atom is -0.322 e. The van der Waals surface area contributed by atoms with Crippen molar-refractivity contribution in [2.45, 2.75) is 20.4 Å². The van der Waals surface area contributed by atoms with Gasteiger partial charge in [0.05, 0.1) is 0 Å². The number of nitrogens with zero attached hydrogens (tertiary/aromatic N) is 3. The van der Waals surface area contributed by atoms with Crippen LogP contribution in [0.4, 0.5) is 11.4 Å². The van der Waals surface area contributed by atoms with Gasteiger partial charge < -0.3 is 15.5 Å². The van der Waals surface area contributed by atoms with E-state index < -0.39 is 0 Å². The molecule has 0 unspecified atom stereocenters. The lowest BCUT2D eigenvalue weighted by atomic mass is 10.1. The van der Waals surface area contributed by atoms with Crippen LogP contribution in [0.25, 0.3) is 6.08 Å². The molecule has 2 aromatic carbocycles. The number of rotatable bonds is 8. The van der Waals surface area contributed by atoms with Gasteiger partial charge in [-0.3, -0.25) is 19.5 Å². The predicted molar refractivity (Wildman–Crippen MR) is 145 cm³/mol. The maximum Gasteiger partial charge on any atom is 0.255 e. The first-order valence-corrected chi connectivity index (χ1v) is 12.3. The molecular formula is C29H33N5O2.